The Morgan fingerprint density at radius 2 is 1.00 bits per heavy atom. The highest BCUT2D eigenvalue weighted by Crippen LogP contribution is 2.57. The molecule has 0 aliphatic heterocycles. The lowest BCUT2D eigenvalue weighted by Gasteiger charge is -2.55. The fourth-order valence-electron chi connectivity index (χ4n) is 7.09. The molecule has 174 valence electrons. The van der Waals surface area contributed by atoms with E-state index in [9.17, 15) is 4.79 Å². The molecule has 0 aromatic carbocycles. The van der Waals surface area contributed by atoms with Crippen molar-refractivity contribution in [2.24, 2.45) is 17.8 Å². The van der Waals surface area contributed by atoms with Crippen molar-refractivity contribution in [2.45, 2.75) is 154 Å². The average Bonchev–Trinajstić information content (AvgIpc) is 2.69. The van der Waals surface area contributed by atoms with Crippen LogP contribution in [0.2, 0.25) is 0 Å². The topological polar surface area (TPSA) is 26.3 Å². The molecule has 0 unspecified atom stereocenters. The summed E-state index contributed by atoms with van der Waals surface area (Å²) in [5, 5.41) is 0. The molecule has 0 radical (unpaired) electrons. The molecular formula is C28H50O2. The fourth-order valence-corrected chi connectivity index (χ4v) is 7.09. The lowest BCUT2D eigenvalue weighted by atomic mass is 9.54. The summed E-state index contributed by atoms with van der Waals surface area (Å²) in [5.74, 6) is 2.67. The van der Waals surface area contributed by atoms with Crippen LogP contribution in [0.25, 0.3) is 0 Å². The minimum absolute atomic E-state index is 0.0403. The number of esters is 1. The maximum atomic E-state index is 12.4. The molecule has 30 heavy (non-hydrogen) atoms. The van der Waals surface area contributed by atoms with E-state index in [1.165, 1.54) is 128 Å². The van der Waals surface area contributed by atoms with Gasteiger partial charge in [-0.25, -0.2) is 0 Å². The van der Waals surface area contributed by atoms with Crippen molar-refractivity contribution >= 4 is 5.97 Å². The summed E-state index contributed by atoms with van der Waals surface area (Å²) in [4.78, 5) is 12.4. The van der Waals surface area contributed by atoms with E-state index in [1.807, 2.05) is 0 Å². The number of unbranched alkanes of at least 4 members (excludes halogenated alkanes) is 14. The van der Waals surface area contributed by atoms with Gasteiger partial charge in [0.1, 0.15) is 5.60 Å². The first-order chi connectivity index (χ1) is 14.7. The first kappa shape index (κ1) is 24.1. The highest BCUT2D eigenvalue weighted by molar-refractivity contribution is 5.70. The number of hydrogen-bond donors (Lipinski definition) is 0. The summed E-state index contributed by atoms with van der Waals surface area (Å²) >= 11 is 0. The molecule has 4 aliphatic carbocycles. The monoisotopic (exact) mass is 418 g/mol. The molecule has 4 saturated carbocycles. The summed E-state index contributed by atoms with van der Waals surface area (Å²) in [7, 11) is 0. The molecular weight excluding hydrogens is 368 g/mol. The van der Waals surface area contributed by atoms with Gasteiger partial charge < -0.3 is 4.74 Å². The summed E-state index contributed by atoms with van der Waals surface area (Å²) < 4.78 is 6.13. The molecule has 0 N–H and O–H groups in total. The van der Waals surface area contributed by atoms with Crippen molar-refractivity contribution in [2.75, 3.05) is 0 Å². The van der Waals surface area contributed by atoms with Crippen LogP contribution in [0.5, 0.6) is 0 Å². The molecule has 0 aromatic rings. The lowest BCUT2D eigenvalue weighted by molar-refractivity contribution is -0.186. The molecule has 2 heteroatoms. The Bertz CT molecular complexity index is 448. The van der Waals surface area contributed by atoms with E-state index in [4.69, 9.17) is 4.74 Å². The number of carbonyl (C=O) groups excluding carboxylic acids is 1. The Kier molecular flexibility index (Phi) is 10.5. The maximum absolute atomic E-state index is 12.4. The Morgan fingerprint density at radius 3 is 1.40 bits per heavy atom. The van der Waals surface area contributed by atoms with Gasteiger partial charge in [0.25, 0.3) is 0 Å². The van der Waals surface area contributed by atoms with Gasteiger partial charge in [-0.2, -0.15) is 0 Å². The number of carbonyl (C=O) groups is 1. The lowest BCUT2D eigenvalue weighted by Crippen LogP contribution is -2.52. The first-order valence-corrected chi connectivity index (χ1v) is 13.9. The third-order valence-corrected chi connectivity index (χ3v) is 8.30. The van der Waals surface area contributed by atoms with Crippen LogP contribution in [0.1, 0.15) is 148 Å². The third-order valence-electron chi connectivity index (χ3n) is 8.30. The van der Waals surface area contributed by atoms with Crippen molar-refractivity contribution in [3.8, 4) is 0 Å². The van der Waals surface area contributed by atoms with Crippen LogP contribution >= 0.6 is 0 Å². The van der Waals surface area contributed by atoms with Crippen molar-refractivity contribution in [1.29, 1.82) is 0 Å². The second-order valence-corrected chi connectivity index (χ2v) is 11.3. The molecule has 4 fully saturated rings. The number of ether oxygens (including phenoxy) is 1. The SMILES string of the molecule is CCCCCCCCCCCCCCCCCC(=O)OC12CC3CC(CC(C3)C1)C2. The Morgan fingerprint density at radius 1 is 0.633 bits per heavy atom. The molecule has 2 nitrogen and oxygen atoms in total. The van der Waals surface area contributed by atoms with Crippen molar-refractivity contribution in [3.63, 3.8) is 0 Å². The van der Waals surface area contributed by atoms with Gasteiger partial charge in [0.15, 0.2) is 0 Å². The smallest absolute Gasteiger partial charge is 0.306 e. The third kappa shape index (κ3) is 8.19. The molecule has 0 aromatic heterocycles. The van der Waals surface area contributed by atoms with E-state index in [0.29, 0.717) is 6.42 Å². The molecule has 0 atom stereocenters. The summed E-state index contributed by atoms with van der Waals surface area (Å²) in [6.45, 7) is 2.29. The molecule has 4 aliphatic rings. The summed E-state index contributed by atoms with van der Waals surface area (Å²) in [6.07, 6.45) is 28.9. The van der Waals surface area contributed by atoms with Gasteiger partial charge in [-0.1, -0.05) is 96.8 Å². The van der Waals surface area contributed by atoms with Gasteiger partial charge in [-0.05, 0) is 62.7 Å². The van der Waals surface area contributed by atoms with Crippen LogP contribution in [0.3, 0.4) is 0 Å². The highest BCUT2D eigenvalue weighted by Gasteiger charge is 2.53. The van der Waals surface area contributed by atoms with E-state index >= 15 is 0 Å². The second-order valence-electron chi connectivity index (χ2n) is 11.3. The Balaban J connectivity index is 1.10. The van der Waals surface area contributed by atoms with Crippen LogP contribution in [0.4, 0.5) is 0 Å². The van der Waals surface area contributed by atoms with E-state index < -0.39 is 0 Å². The van der Waals surface area contributed by atoms with E-state index in [0.717, 1.165) is 24.2 Å². The zero-order valence-corrected chi connectivity index (χ0v) is 20.1. The van der Waals surface area contributed by atoms with Gasteiger partial charge in [-0.15, -0.1) is 0 Å². The normalized spacial score (nSPS) is 29.4. The minimum atomic E-state index is -0.0403. The number of hydrogen-bond acceptors (Lipinski definition) is 2. The van der Waals surface area contributed by atoms with Gasteiger partial charge in [-0.3, -0.25) is 4.79 Å². The summed E-state index contributed by atoms with van der Waals surface area (Å²) in [6, 6.07) is 0. The van der Waals surface area contributed by atoms with Crippen LogP contribution in [0, 0.1) is 17.8 Å². The van der Waals surface area contributed by atoms with E-state index in [2.05, 4.69) is 6.92 Å². The zero-order valence-electron chi connectivity index (χ0n) is 20.1. The molecule has 0 spiro atoms. The largest absolute Gasteiger partial charge is 0.459 e. The van der Waals surface area contributed by atoms with Gasteiger partial charge in [0.2, 0.25) is 0 Å². The van der Waals surface area contributed by atoms with Crippen molar-refractivity contribution in [1.82, 2.24) is 0 Å². The fraction of sp³-hybridized carbons (Fsp3) is 0.964. The maximum Gasteiger partial charge on any atom is 0.306 e. The van der Waals surface area contributed by atoms with Crippen LogP contribution in [-0.2, 0) is 9.53 Å². The van der Waals surface area contributed by atoms with Crippen LogP contribution in [0.15, 0.2) is 0 Å². The standard InChI is InChI=1S/C28H50O2/c1-2-3-4-5-6-7-8-9-10-11-12-13-14-15-16-17-27(29)30-28-21-24-18-25(22-28)20-26(19-24)23-28/h24-26H,2-23H2,1H3. The second kappa shape index (κ2) is 13.1. The summed E-state index contributed by atoms with van der Waals surface area (Å²) in [5.41, 5.74) is -0.0403. The van der Waals surface area contributed by atoms with Crippen molar-refractivity contribution < 1.29 is 9.53 Å². The Hall–Kier alpha value is -0.530. The van der Waals surface area contributed by atoms with Gasteiger partial charge in [0, 0.05) is 6.42 Å². The van der Waals surface area contributed by atoms with Crippen LogP contribution < -0.4 is 0 Å². The van der Waals surface area contributed by atoms with E-state index in [-0.39, 0.29) is 11.6 Å². The number of rotatable bonds is 17. The Labute approximate surface area is 187 Å². The predicted molar refractivity (Wildman–Crippen MR) is 127 cm³/mol. The molecule has 0 amide bonds. The van der Waals surface area contributed by atoms with E-state index in [1.54, 1.807) is 0 Å². The van der Waals surface area contributed by atoms with Crippen molar-refractivity contribution in [3.05, 3.63) is 0 Å². The predicted octanol–water partition coefficient (Wildman–Crippen LogP) is 8.76. The quantitative estimate of drug-likeness (QED) is 0.174. The zero-order chi connectivity index (χ0) is 21.1. The highest BCUT2D eigenvalue weighted by atomic mass is 16.6. The molecule has 4 rings (SSSR count). The van der Waals surface area contributed by atoms with Crippen LogP contribution in [-0.4, -0.2) is 11.6 Å². The van der Waals surface area contributed by atoms with Gasteiger partial charge in [0.05, 0.1) is 0 Å². The first-order valence-electron chi connectivity index (χ1n) is 13.9. The average molecular weight is 419 g/mol. The molecule has 4 bridgehead atoms. The minimum Gasteiger partial charge on any atom is -0.459 e. The van der Waals surface area contributed by atoms with Gasteiger partial charge >= 0.3 is 5.97 Å². The molecule has 0 saturated heterocycles. The molecule has 0 heterocycles.